The summed E-state index contributed by atoms with van der Waals surface area (Å²) in [6.07, 6.45) is 7.08. The zero-order valence-electron chi connectivity index (χ0n) is 18.9. The number of aromatic nitrogens is 3. The van der Waals surface area contributed by atoms with Crippen LogP contribution in [0.2, 0.25) is 0 Å². The number of rotatable bonds is 4. The van der Waals surface area contributed by atoms with E-state index in [0.29, 0.717) is 22.8 Å². The van der Waals surface area contributed by atoms with Crippen LogP contribution in [0.15, 0.2) is 59.8 Å². The maximum absolute atomic E-state index is 13.6. The van der Waals surface area contributed by atoms with Gasteiger partial charge in [0.15, 0.2) is 5.43 Å². The monoisotopic (exact) mass is 443 g/mol. The van der Waals surface area contributed by atoms with Crippen molar-refractivity contribution in [1.82, 2.24) is 25.0 Å². The summed E-state index contributed by atoms with van der Waals surface area (Å²) in [7, 11) is 1.86. The summed E-state index contributed by atoms with van der Waals surface area (Å²) in [5.41, 5.74) is 3.12. The van der Waals surface area contributed by atoms with Gasteiger partial charge in [-0.05, 0) is 55.1 Å². The van der Waals surface area contributed by atoms with E-state index in [9.17, 15) is 9.90 Å². The lowest BCUT2D eigenvalue weighted by molar-refractivity contribution is 0.110. The zero-order valence-corrected chi connectivity index (χ0v) is 18.9. The second-order valence-corrected chi connectivity index (χ2v) is 8.84. The van der Waals surface area contributed by atoms with Crippen LogP contribution in [0.3, 0.4) is 0 Å². The highest BCUT2D eigenvalue weighted by Gasteiger charge is 2.16. The molecule has 2 N–H and O–H groups in total. The summed E-state index contributed by atoms with van der Waals surface area (Å²) in [4.78, 5) is 20.4. The lowest BCUT2D eigenvalue weighted by Gasteiger charge is -2.27. The van der Waals surface area contributed by atoms with Gasteiger partial charge in [-0.3, -0.25) is 19.4 Å². The number of hydrogen-bond donors (Lipinski definition) is 2. The molecule has 1 aliphatic heterocycles. The molecule has 1 unspecified atom stereocenters. The molecular formula is C26H29N5O2. The number of benzene rings is 1. The summed E-state index contributed by atoms with van der Waals surface area (Å²) in [6.45, 7) is 4.47. The van der Waals surface area contributed by atoms with Gasteiger partial charge in [-0.15, -0.1) is 0 Å². The molecule has 1 aliphatic rings. The molecule has 170 valence electrons. The number of fused-ring (bicyclic) bond motifs is 2. The highest BCUT2D eigenvalue weighted by Crippen LogP contribution is 2.24. The quantitative estimate of drug-likeness (QED) is 0.505. The minimum atomic E-state index is -0.644. The van der Waals surface area contributed by atoms with Crippen molar-refractivity contribution >= 4 is 21.7 Å². The van der Waals surface area contributed by atoms with Gasteiger partial charge in [-0.1, -0.05) is 18.2 Å². The van der Waals surface area contributed by atoms with E-state index in [-0.39, 0.29) is 5.43 Å². The van der Waals surface area contributed by atoms with Crippen molar-refractivity contribution in [2.75, 3.05) is 32.7 Å². The Hall–Kier alpha value is -3.13. The fourth-order valence-electron chi connectivity index (χ4n) is 4.55. The molecule has 0 spiro atoms. The van der Waals surface area contributed by atoms with Crippen molar-refractivity contribution in [2.45, 2.75) is 18.9 Å². The molecule has 5 rings (SSSR count). The Morgan fingerprint density at radius 3 is 2.76 bits per heavy atom. The maximum atomic E-state index is 13.6. The second-order valence-electron chi connectivity index (χ2n) is 8.84. The molecule has 1 atom stereocenters. The lowest BCUT2D eigenvalue weighted by atomic mass is 10.0. The second kappa shape index (κ2) is 9.39. The summed E-state index contributed by atoms with van der Waals surface area (Å²) in [6, 6.07) is 11.4. The standard InChI is InChI=1S/C26H29N5O2/c1-30-16-21(15-29-30)20-13-23-24(28-14-20)7-6-18-4-5-19(12-22(18)26(23)33)25(32)17-31-10-3-2-8-27-9-11-31/h4-7,12-16,25,27,32H,2-3,8-11,17H2,1H3. The summed E-state index contributed by atoms with van der Waals surface area (Å²) >= 11 is 0. The van der Waals surface area contributed by atoms with E-state index >= 15 is 0 Å². The number of β-amino-alcohol motifs (C(OH)–C–C–N with tert-alkyl or cyclic N) is 1. The molecule has 0 bridgehead atoms. The van der Waals surface area contributed by atoms with Gasteiger partial charge in [0.2, 0.25) is 0 Å². The van der Waals surface area contributed by atoms with Crippen molar-refractivity contribution in [1.29, 1.82) is 0 Å². The SMILES string of the molecule is Cn1cc(-c2cnc3ccc4ccc(C(O)CN5CCCCNCC5)cc4c(=O)c3c2)cn1. The fraction of sp³-hybridized carbons (Fsp3) is 0.346. The molecule has 1 fully saturated rings. The van der Waals surface area contributed by atoms with E-state index in [1.807, 2.05) is 49.6 Å². The van der Waals surface area contributed by atoms with Crippen molar-refractivity contribution in [3.8, 4) is 11.1 Å². The zero-order chi connectivity index (χ0) is 22.8. The molecule has 4 aromatic rings. The third-order valence-electron chi connectivity index (χ3n) is 6.44. The van der Waals surface area contributed by atoms with Gasteiger partial charge < -0.3 is 10.4 Å². The number of aliphatic hydroxyl groups excluding tert-OH is 1. The maximum Gasteiger partial charge on any atom is 0.195 e. The van der Waals surface area contributed by atoms with Gasteiger partial charge in [0.25, 0.3) is 0 Å². The van der Waals surface area contributed by atoms with E-state index in [1.54, 1.807) is 17.1 Å². The first kappa shape index (κ1) is 21.7. The van der Waals surface area contributed by atoms with Gasteiger partial charge in [0.05, 0.1) is 17.8 Å². The predicted molar refractivity (Wildman–Crippen MR) is 131 cm³/mol. The van der Waals surface area contributed by atoms with Crippen LogP contribution in [0, 0.1) is 0 Å². The Kier molecular flexibility index (Phi) is 6.17. The first-order valence-electron chi connectivity index (χ1n) is 11.6. The van der Waals surface area contributed by atoms with E-state index in [1.165, 1.54) is 0 Å². The fourth-order valence-corrected chi connectivity index (χ4v) is 4.55. The molecule has 0 saturated carbocycles. The van der Waals surface area contributed by atoms with Crippen LogP contribution >= 0.6 is 0 Å². The van der Waals surface area contributed by atoms with Crippen molar-refractivity contribution < 1.29 is 5.11 Å². The Morgan fingerprint density at radius 1 is 1.03 bits per heavy atom. The molecule has 2 aromatic carbocycles. The lowest BCUT2D eigenvalue weighted by Crippen LogP contribution is -2.38. The van der Waals surface area contributed by atoms with Crippen molar-refractivity contribution in [3.63, 3.8) is 0 Å². The average molecular weight is 444 g/mol. The number of nitrogens with zero attached hydrogens (tertiary/aromatic N) is 4. The Bertz CT molecular complexity index is 1340. The Labute approximate surface area is 192 Å². The predicted octanol–water partition coefficient (Wildman–Crippen LogP) is 2.87. The molecule has 7 heteroatoms. The minimum absolute atomic E-state index is 0.0762. The number of aryl methyl sites for hydroxylation is 1. The number of pyridine rings is 1. The first-order valence-corrected chi connectivity index (χ1v) is 11.6. The molecule has 0 amide bonds. The minimum Gasteiger partial charge on any atom is -0.387 e. The number of nitrogens with one attached hydrogen (secondary N) is 1. The highest BCUT2D eigenvalue weighted by molar-refractivity contribution is 5.93. The molecule has 33 heavy (non-hydrogen) atoms. The smallest absolute Gasteiger partial charge is 0.195 e. The van der Waals surface area contributed by atoms with Gasteiger partial charge in [-0.25, -0.2) is 0 Å². The van der Waals surface area contributed by atoms with Crippen LogP contribution in [0.25, 0.3) is 32.8 Å². The summed E-state index contributed by atoms with van der Waals surface area (Å²) in [5.74, 6) is 0. The van der Waals surface area contributed by atoms with Gasteiger partial charge in [-0.2, -0.15) is 5.10 Å². The molecule has 2 aromatic heterocycles. The molecule has 0 aliphatic carbocycles. The van der Waals surface area contributed by atoms with Crippen LogP contribution in [0.1, 0.15) is 24.5 Å². The topological polar surface area (TPSA) is 83.3 Å². The van der Waals surface area contributed by atoms with Gasteiger partial charge in [0.1, 0.15) is 0 Å². The van der Waals surface area contributed by atoms with Gasteiger partial charge in [0, 0.05) is 61.0 Å². The third-order valence-corrected chi connectivity index (χ3v) is 6.44. The van der Waals surface area contributed by atoms with E-state index in [0.717, 1.165) is 61.1 Å². The summed E-state index contributed by atoms with van der Waals surface area (Å²) < 4.78 is 1.73. The molecular weight excluding hydrogens is 414 g/mol. The molecule has 3 heterocycles. The molecule has 1 saturated heterocycles. The highest BCUT2D eigenvalue weighted by atomic mass is 16.3. The van der Waals surface area contributed by atoms with E-state index in [2.05, 4.69) is 20.3 Å². The largest absolute Gasteiger partial charge is 0.387 e. The van der Waals surface area contributed by atoms with E-state index in [4.69, 9.17) is 0 Å². The van der Waals surface area contributed by atoms with Crippen LogP contribution in [0.4, 0.5) is 0 Å². The Balaban J connectivity index is 1.52. The van der Waals surface area contributed by atoms with Crippen molar-refractivity contribution in [3.05, 3.63) is 70.8 Å². The van der Waals surface area contributed by atoms with Gasteiger partial charge >= 0.3 is 0 Å². The number of aliphatic hydroxyl groups is 1. The van der Waals surface area contributed by atoms with Crippen LogP contribution in [-0.4, -0.2) is 57.5 Å². The third kappa shape index (κ3) is 4.66. The van der Waals surface area contributed by atoms with Crippen LogP contribution < -0.4 is 10.7 Å². The summed E-state index contributed by atoms with van der Waals surface area (Å²) in [5, 5.41) is 20.6. The molecule has 7 nitrogen and oxygen atoms in total. The van der Waals surface area contributed by atoms with Crippen LogP contribution in [-0.2, 0) is 7.05 Å². The Morgan fingerprint density at radius 2 is 1.91 bits per heavy atom. The average Bonchev–Trinajstić information content (AvgIpc) is 3.19. The number of hydrogen-bond acceptors (Lipinski definition) is 6. The normalized spacial score (nSPS) is 16.5. The molecule has 0 radical (unpaired) electrons. The van der Waals surface area contributed by atoms with Crippen molar-refractivity contribution in [2.24, 2.45) is 7.05 Å². The first-order chi connectivity index (χ1) is 16.1. The van der Waals surface area contributed by atoms with Crippen LogP contribution in [0.5, 0.6) is 0 Å². The van der Waals surface area contributed by atoms with E-state index < -0.39 is 6.10 Å².